The number of fused-ring (bicyclic) bond motifs is 1. The van der Waals surface area contributed by atoms with Crippen LogP contribution in [0.4, 0.5) is 4.39 Å². The molecule has 1 spiro atoms. The lowest BCUT2D eigenvalue weighted by atomic mass is 9.69. The average Bonchev–Trinajstić information content (AvgIpc) is 3.41. The van der Waals surface area contributed by atoms with Crippen LogP contribution in [0.3, 0.4) is 0 Å². The minimum Gasteiger partial charge on any atom is -0.350 e. The van der Waals surface area contributed by atoms with Gasteiger partial charge in [-0.2, -0.15) is 0 Å². The van der Waals surface area contributed by atoms with Gasteiger partial charge in [0.2, 0.25) is 17.7 Å². The quantitative estimate of drug-likeness (QED) is 0.449. The van der Waals surface area contributed by atoms with Crippen LogP contribution >= 0.6 is 0 Å². The van der Waals surface area contributed by atoms with Crippen LogP contribution in [0, 0.1) is 11.2 Å². The van der Waals surface area contributed by atoms with Crippen molar-refractivity contribution in [3.8, 4) is 0 Å². The number of hydrogen-bond donors (Lipinski definition) is 2. The molecule has 42 heavy (non-hydrogen) atoms. The number of benzene rings is 2. The number of nitrogens with one attached hydrogen (secondary N) is 1. The summed E-state index contributed by atoms with van der Waals surface area (Å²) in [5, 5.41) is 3.96. The van der Waals surface area contributed by atoms with Crippen molar-refractivity contribution in [3.63, 3.8) is 0 Å². The van der Waals surface area contributed by atoms with Crippen molar-refractivity contribution in [2.24, 2.45) is 18.2 Å². The molecule has 3 aromatic rings. The second kappa shape index (κ2) is 11.2. The van der Waals surface area contributed by atoms with E-state index in [1.807, 2.05) is 60.8 Å². The lowest BCUT2D eigenvalue weighted by Crippen LogP contribution is -2.60. The third kappa shape index (κ3) is 5.42. The van der Waals surface area contributed by atoms with E-state index >= 15 is 0 Å². The van der Waals surface area contributed by atoms with Gasteiger partial charge in [0, 0.05) is 62.2 Å². The average molecular weight is 576 g/mol. The Hall–Kier alpha value is -3.72. The standard InChI is InChI=1S/C33H42FN5O3/c1-21(2)39-19-26(22-11-13-24(34)14-12-22)33(31(39)42)15-8-16-38(20-33)29(40)27(36-30(41)32(3,4)35)17-23-18-37(5)28-10-7-6-9-25(23)28/h6-7,9-14,18,21,26-27H,8,15-17,19-20,35H2,1-5H3,(H,36,41)/t26?,27-,33?/m1/s1. The zero-order chi connectivity index (χ0) is 30.4. The van der Waals surface area contributed by atoms with Gasteiger partial charge in [-0.15, -0.1) is 0 Å². The molecule has 8 nitrogen and oxygen atoms in total. The fourth-order valence-electron chi connectivity index (χ4n) is 6.76. The monoisotopic (exact) mass is 575 g/mol. The maximum absolute atomic E-state index is 14.3. The molecular weight excluding hydrogens is 533 g/mol. The molecule has 2 aromatic carbocycles. The smallest absolute Gasteiger partial charge is 0.245 e. The molecule has 224 valence electrons. The largest absolute Gasteiger partial charge is 0.350 e. The fraction of sp³-hybridized carbons (Fsp3) is 0.485. The zero-order valence-electron chi connectivity index (χ0n) is 25.2. The van der Waals surface area contributed by atoms with Gasteiger partial charge >= 0.3 is 0 Å². The third-order valence-electron chi connectivity index (χ3n) is 9.06. The molecule has 0 saturated carbocycles. The van der Waals surface area contributed by atoms with Crippen LogP contribution < -0.4 is 11.1 Å². The second-order valence-corrected chi connectivity index (χ2v) is 12.9. The summed E-state index contributed by atoms with van der Waals surface area (Å²) in [5.74, 6) is -1.12. The first-order valence-electron chi connectivity index (χ1n) is 14.8. The summed E-state index contributed by atoms with van der Waals surface area (Å²) in [4.78, 5) is 45.2. The van der Waals surface area contributed by atoms with E-state index in [9.17, 15) is 18.8 Å². The summed E-state index contributed by atoms with van der Waals surface area (Å²) in [6, 6.07) is 13.5. The van der Waals surface area contributed by atoms with Crippen molar-refractivity contribution in [2.45, 2.75) is 70.5 Å². The van der Waals surface area contributed by atoms with Crippen LogP contribution in [0.25, 0.3) is 10.9 Å². The highest BCUT2D eigenvalue weighted by Crippen LogP contribution is 2.50. The Labute approximate surface area is 247 Å². The summed E-state index contributed by atoms with van der Waals surface area (Å²) >= 11 is 0. The number of nitrogens with two attached hydrogens (primary N) is 1. The van der Waals surface area contributed by atoms with E-state index in [1.54, 1.807) is 30.9 Å². The number of piperidine rings is 1. The van der Waals surface area contributed by atoms with Gasteiger partial charge in [0.25, 0.3) is 0 Å². The number of halogens is 1. The minimum absolute atomic E-state index is 0.00362. The van der Waals surface area contributed by atoms with Crippen LogP contribution in [0.2, 0.25) is 0 Å². The molecule has 1 aromatic heterocycles. The maximum atomic E-state index is 14.3. The van der Waals surface area contributed by atoms with Crippen molar-refractivity contribution in [2.75, 3.05) is 19.6 Å². The first-order valence-corrected chi connectivity index (χ1v) is 14.8. The van der Waals surface area contributed by atoms with Gasteiger partial charge in [-0.1, -0.05) is 30.3 Å². The first kappa shape index (κ1) is 29.8. The molecule has 2 aliphatic heterocycles. The summed E-state index contributed by atoms with van der Waals surface area (Å²) in [6.07, 6.45) is 3.57. The maximum Gasteiger partial charge on any atom is 0.245 e. The summed E-state index contributed by atoms with van der Waals surface area (Å²) in [6.45, 7) is 8.46. The normalized spacial score (nSPS) is 21.9. The van der Waals surface area contributed by atoms with Gasteiger partial charge in [0.15, 0.2) is 0 Å². The molecule has 0 bridgehead atoms. The molecule has 2 unspecified atom stereocenters. The molecule has 3 atom stereocenters. The molecule has 2 fully saturated rings. The van der Waals surface area contributed by atoms with Gasteiger partial charge in [-0.3, -0.25) is 14.4 Å². The molecule has 2 saturated heterocycles. The Morgan fingerprint density at radius 1 is 1.14 bits per heavy atom. The predicted molar refractivity (Wildman–Crippen MR) is 161 cm³/mol. The Balaban J connectivity index is 1.49. The van der Waals surface area contributed by atoms with E-state index in [4.69, 9.17) is 5.73 Å². The number of aromatic nitrogens is 1. The van der Waals surface area contributed by atoms with E-state index in [-0.39, 0.29) is 36.1 Å². The van der Waals surface area contributed by atoms with Gasteiger partial charge < -0.3 is 25.4 Å². The number of carbonyl (C=O) groups is 3. The summed E-state index contributed by atoms with van der Waals surface area (Å²) in [5.41, 5.74) is 7.01. The third-order valence-corrected chi connectivity index (χ3v) is 9.06. The lowest BCUT2D eigenvalue weighted by Gasteiger charge is -2.43. The van der Waals surface area contributed by atoms with Crippen molar-refractivity contribution in [1.29, 1.82) is 0 Å². The van der Waals surface area contributed by atoms with E-state index in [1.165, 1.54) is 12.1 Å². The van der Waals surface area contributed by atoms with Crippen molar-refractivity contribution < 1.29 is 18.8 Å². The molecule has 5 rings (SSSR count). The van der Waals surface area contributed by atoms with Gasteiger partial charge in [-0.05, 0) is 69.9 Å². The van der Waals surface area contributed by atoms with Crippen LogP contribution in [-0.4, -0.2) is 69.3 Å². The predicted octanol–water partition coefficient (Wildman–Crippen LogP) is 3.73. The van der Waals surface area contributed by atoms with Crippen molar-refractivity contribution in [1.82, 2.24) is 19.7 Å². The number of nitrogens with zero attached hydrogens (tertiary/aromatic N) is 3. The van der Waals surface area contributed by atoms with Crippen LogP contribution in [0.15, 0.2) is 54.7 Å². The number of likely N-dealkylation sites (tertiary alicyclic amines) is 2. The number of hydrogen-bond acceptors (Lipinski definition) is 4. The summed E-state index contributed by atoms with van der Waals surface area (Å²) < 4.78 is 15.9. The van der Waals surface area contributed by atoms with E-state index in [0.29, 0.717) is 32.4 Å². The molecule has 3 N–H and O–H groups in total. The molecule has 9 heteroatoms. The van der Waals surface area contributed by atoms with E-state index in [0.717, 1.165) is 22.0 Å². The molecule has 3 heterocycles. The van der Waals surface area contributed by atoms with Crippen LogP contribution in [0.1, 0.15) is 57.6 Å². The highest BCUT2D eigenvalue weighted by molar-refractivity contribution is 5.94. The topological polar surface area (TPSA) is 101 Å². The fourth-order valence-corrected chi connectivity index (χ4v) is 6.76. The number of para-hydroxylation sites is 1. The molecular formula is C33H42FN5O3. The SMILES string of the molecule is CC(C)N1CC(c2ccc(F)cc2)C2(CCCN(C(=O)[C@@H](Cc3cn(C)c4ccccc34)NC(=O)C(C)(C)N)C2)C1=O. The first-order chi connectivity index (χ1) is 19.8. The Bertz CT molecular complexity index is 1490. The number of aryl methyl sites for hydroxylation is 1. The van der Waals surface area contributed by atoms with Crippen LogP contribution in [-0.2, 0) is 27.9 Å². The number of carbonyl (C=O) groups excluding carboxylic acids is 3. The zero-order valence-corrected chi connectivity index (χ0v) is 25.2. The Kier molecular flexibility index (Phi) is 7.91. The van der Waals surface area contributed by atoms with Gasteiger partial charge in [-0.25, -0.2) is 4.39 Å². The van der Waals surface area contributed by atoms with E-state index < -0.39 is 22.9 Å². The number of rotatable bonds is 7. The highest BCUT2D eigenvalue weighted by Gasteiger charge is 2.57. The molecule has 0 radical (unpaired) electrons. The second-order valence-electron chi connectivity index (χ2n) is 12.9. The van der Waals surface area contributed by atoms with Crippen molar-refractivity contribution in [3.05, 3.63) is 71.7 Å². The number of amides is 3. The van der Waals surface area contributed by atoms with E-state index in [2.05, 4.69) is 5.32 Å². The van der Waals surface area contributed by atoms with Gasteiger partial charge in [0.05, 0.1) is 11.0 Å². The minimum atomic E-state index is -1.17. The van der Waals surface area contributed by atoms with Crippen LogP contribution in [0.5, 0.6) is 0 Å². The summed E-state index contributed by atoms with van der Waals surface area (Å²) in [7, 11) is 1.96. The van der Waals surface area contributed by atoms with Gasteiger partial charge in [0.1, 0.15) is 11.9 Å². The molecule has 0 aliphatic carbocycles. The van der Waals surface area contributed by atoms with Crippen molar-refractivity contribution >= 4 is 28.6 Å². The highest BCUT2D eigenvalue weighted by atomic mass is 19.1. The Morgan fingerprint density at radius 2 is 1.83 bits per heavy atom. The Morgan fingerprint density at radius 3 is 2.50 bits per heavy atom. The molecule has 3 amide bonds. The lowest BCUT2D eigenvalue weighted by molar-refractivity contribution is -0.146. The molecule has 2 aliphatic rings.